The number of phenols is 1. The molecule has 0 unspecified atom stereocenters. The lowest BCUT2D eigenvalue weighted by Gasteiger charge is -2.10. The van der Waals surface area contributed by atoms with Gasteiger partial charge in [0.05, 0.1) is 11.0 Å². The molecule has 1 aromatic heterocycles. The molecule has 1 amide bonds. The number of carbonyl (C=O) groups is 1. The minimum Gasteiger partial charge on any atom is -0.508 e. The quantitative estimate of drug-likeness (QED) is 0.507. The highest BCUT2D eigenvalue weighted by Crippen LogP contribution is 2.28. The van der Waals surface area contributed by atoms with Crippen molar-refractivity contribution < 1.29 is 15.0 Å². The van der Waals surface area contributed by atoms with Crippen LogP contribution in [0.25, 0.3) is 27.8 Å². The first-order chi connectivity index (χ1) is 13.5. The normalized spacial score (nSPS) is 10.9. The molecule has 0 fully saturated rings. The molecular weight excluding hydrogens is 354 g/mol. The summed E-state index contributed by atoms with van der Waals surface area (Å²) in [6.07, 6.45) is 0. The molecule has 1 heterocycles. The van der Waals surface area contributed by atoms with Crippen molar-refractivity contribution in [3.63, 3.8) is 0 Å². The second-order valence-corrected chi connectivity index (χ2v) is 6.50. The molecule has 6 heteroatoms. The summed E-state index contributed by atoms with van der Waals surface area (Å²) >= 11 is 0. The number of carbonyl (C=O) groups excluding carboxylic acids is 1. The van der Waals surface area contributed by atoms with Crippen molar-refractivity contribution in [2.75, 3.05) is 5.32 Å². The van der Waals surface area contributed by atoms with Crippen molar-refractivity contribution in [3.8, 4) is 22.6 Å². The van der Waals surface area contributed by atoms with Crippen LogP contribution in [-0.4, -0.2) is 25.7 Å². The fraction of sp³-hybridized carbons (Fsp3) is 0.0909. The summed E-state index contributed by atoms with van der Waals surface area (Å²) in [6.45, 7) is 1.27. The third-order valence-corrected chi connectivity index (χ3v) is 4.51. The van der Waals surface area contributed by atoms with Crippen molar-refractivity contribution in [1.29, 1.82) is 0 Å². The molecule has 4 aromatic rings. The van der Waals surface area contributed by atoms with E-state index in [0.717, 1.165) is 27.8 Å². The number of imidazole rings is 1. The van der Waals surface area contributed by atoms with E-state index < -0.39 is 0 Å². The van der Waals surface area contributed by atoms with Gasteiger partial charge in [-0.15, -0.1) is 0 Å². The molecule has 0 aliphatic carbocycles. The minimum atomic E-state index is -0.198. The van der Waals surface area contributed by atoms with Crippen LogP contribution in [0.3, 0.4) is 0 Å². The van der Waals surface area contributed by atoms with Gasteiger partial charge in [-0.25, -0.2) is 4.98 Å². The highest BCUT2D eigenvalue weighted by Gasteiger charge is 2.13. The van der Waals surface area contributed by atoms with E-state index in [9.17, 15) is 15.0 Å². The lowest BCUT2D eigenvalue weighted by atomic mass is 10.1. The fourth-order valence-corrected chi connectivity index (χ4v) is 3.25. The molecule has 0 spiro atoms. The smallest absolute Gasteiger partial charge is 0.221 e. The van der Waals surface area contributed by atoms with Crippen LogP contribution in [0.2, 0.25) is 0 Å². The van der Waals surface area contributed by atoms with Crippen LogP contribution in [0.1, 0.15) is 12.7 Å². The standard InChI is InChI=1S/C22H19N3O3/c1-14(27)23-17-5-7-18(8-6-17)25-21-11-4-16(12-20(21)24-22(25)13-26)15-2-9-19(28)10-3-15/h2-12,26,28H,13H2,1H3,(H,23,27). The highest BCUT2D eigenvalue weighted by molar-refractivity contribution is 5.89. The summed E-state index contributed by atoms with van der Waals surface area (Å²) < 4.78 is 1.90. The van der Waals surface area contributed by atoms with E-state index in [1.807, 2.05) is 59.2 Å². The van der Waals surface area contributed by atoms with Crippen LogP contribution >= 0.6 is 0 Å². The molecule has 0 radical (unpaired) electrons. The van der Waals surface area contributed by atoms with Crippen LogP contribution in [0, 0.1) is 0 Å². The summed E-state index contributed by atoms with van der Waals surface area (Å²) in [5.74, 6) is 0.628. The Labute approximate surface area is 161 Å². The number of aromatic nitrogens is 2. The number of amides is 1. The van der Waals surface area contributed by atoms with E-state index in [-0.39, 0.29) is 18.3 Å². The first kappa shape index (κ1) is 17.8. The van der Waals surface area contributed by atoms with Crippen molar-refractivity contribution in [1.82, 2.24) is 9.55 Å². The predicted octanol–water partition coefficient (Wildman–Crippen LogP) is 3.85. The summed E-state index contributed by atoms with van der Waals surface area (Å²) in [6, 6.07) is 20.3. The fourth-order valence-electron chi connectivity index (χ4n) is 3.25. The zero-order valence-corrected chi connectivity index (χ0v) is 15.3. The van der Waals surface area contributed by atoms with Crippen LogP contribution in [0.15, 0.2) is 66.7 Å². The number of phenolic OH excluding ortho intramolecular Hbond substituents is 1. The van der Waals surface area contributed by atoms with Gasteiger partial charge < -0.3 is 15.5 Å². The molecule has 0 saturated carbocycles. The van der Waals surface area contributed by atoms with Crippen LogP contribution in [-0.2, 0) is 11.4 Å². The predicted molar refractivity (Wildman–Crippen MR) is 108 cm³/mol. The van der Waals surface area contributed by atoms with Gasteiger partial charge in [-0.3, -0.25) is 9.36 Å². The van der Waals surface area contributed by atoms with Gasteiger partial charge in [0.1, 0.15) is 18.2 Å². The second-order valence-electron chi connectivity index (χ2n) is 6.50. The number of aromatic hydroxyl groups is 1. The van der Waals surface area contributed by atoms with E-state index in [0.29, 0.717) is 11.5 Å². The molecule has 3 aromatic carbocycles. The molecule has 3 N–H and O–H groups in total. The van der Waals surface area contributed by atoms with Crippen molar-refractivity contribution in [3.05, 3.63) is 72.6 Å². The number of rotatable bonds is 4. The molecule has 6 nitrogen and oxygen atoms in total. The van der Waals surface area contributed by atoms with Gasteiger partial charge in [-0.05, 0) is 59.7 Å². The van der Waals surface area contributed by atoms with Gasteiger partial charge in [-0.2, -0.15) is 0 Å². The molecule has 4 rings (SSSR count). The van der Waals surface area contributed by atoms with Gasteiger partial charge in [0.2, 0.25) is 5.91 Å². The Kier molecular flexibility index (Phi) is 4.55. The van der Waals surface area contributed by atoms with Crippen LogP contribution < -0.4 is 5.32 Å². The van der Waals surface area contributed by atoms with E-state index in [1.54, 1.807) is 12.1 Å². The number of fused-ring (bicyclic) bond motifs is 1. The zero-order chi connectivity index (χ0) is 19.7. The van der Waals surface area contributed by atoms with Crippen molar-refractivity contribution >= 4 is 22.6 Å². The third kappa shape index (κ3) is 3.33. The zero-order valence-electron chi connectivity index (χ0n) is 15.3. The highest BCUT2D eigenvalue weighted by atomic mass is 16.3. The molecule has 28 heavy (non-hydrogen) atoms. The van der Waals surface area contributed by atoms with Gasteiger partial charge in [-0.1, -0.05) is 18.2 Å². The second kappa shape index (κ2) is 7.17. The van der Waals surface area contributed by atoms with Crippen molar-refractivity contribution in [2.24, 2.45) is 0 Å². The number of aliphatic hydroxyl groups is 1. The molecule has 0 bridgehead atoms. The monoisotopic (exact) mass is 373 g/mol. The molecular formula is C22H19N3O3. The number of hydrogen-bond acceptors (Lipinski definition) is 4. The summed E-state index contributed by atoms with van der Waals surface area (Å²) in [5.41, 5.74) is 5.14. The third-order valence-electron chi connectivity index (χ3n) is 4.51. The Hall–Kier alpha value is -3.64. The Morgan fingerprint density at radius 1 is 1.00 bits per heavy atom. The number of aliphatic hydroxyl groups excluding tert-OH is 1. The topological polar surface area (TPSA) is 87.4 Å². The Morgan fingerprint density at radius 2 is 1.68 bits per heavy atom. The Morgan fingerprint density at radius 3 is 2.32 bits per heavy atom. The lowest BCUT2D eigenvalue weighted by molar-refractivity contribution is -0.114. The molecule has 0 atom stereocenters. The molecule has 0 aliphatic rings. The van der Waals surface area contributed by atoms with Gasteiger partial charge >= 0.3 is 0 Å². The molecule has 0 aliphatic heterocycles. The van der Waals surface area contributed by atoms with Gasteiger partial charge in [0.15, 0.2) is 0 Å². The van der Waals surface area contributed by atoms with E-state index in [4.69, 9.17) is 0 Å². The minimum absolute atomic E-state index is 0.126. The summed E-state index contributed by atoms with van der Waals surface area (Å²) in [7, 11) is 0. The van der Waals surface area contributed by atoms with E-state index >= 15 is 0 Å². The number of hydrogen-bond donors (Lipinski definition) is 3. The Bertz CT molecular complexity index is 1150. The van der Waals surface area contributed by atoms with E-state index in [1.165, 1.54) is 6.92 Å². The van der Waals surface area contributed by atoms with Gasteiger partial charge in [0.25, 0.3) is 0 Å². The average molecular weight is 373 g/mol. The van der Waals surface area contributed by atoms with E-state index in [2.05, 4.69) is 10.3 Å². The van der Waals surface area contributed by atoms with Crippen LogP contribution in [0.4, 0.5) is 5.69 Å². The SMILES string of the molecule is CC(=O)Nc1ccc(-n2c(CO)nc3cc(-c4ccc(O)cc4)ccc32)cc1. The molecule has 0 saturated heterocycles. The molecule has 140 valence electrons. The number of nitrogens with zero attached hydrogens (tertiary/aromatic N) is 2. The van der Waals surface area contributed by atoms with Crippen molar-refractivity contribution in [2.45, 2.75) is 13.5 Å². The summed E-state index contributed by atoms with van der Waals surface area (Å²) in [5, 5.41) is 22.0. The van der Waals surface area contributed by atoms with Crippen LogP contribution in [0.5, 0.6) is 5.75 Å². The first-order valence-corrected chi connectivity index (χ1v) is 8.85. The Balaban J connectivity index is 1.78. The average Bonchev–Trinajstić information content (AvgIpc) is 3.06. The maximum atomic E-state index is 11.2. The number of anilines is 1. The number of nitrogens with one attached hydrogen (secondary N) is 1. The maximum absolute atomic E-state index is 11.2. The lowest BCUT2D eigenvalue weighted by Crippen LogP contribution is -2.06. The largest absolute Gasteiger partial charge is 0.508 e. The first-order valence-electron chi connectivity index (χ1n) is 8.85. The maximum Gasteiger partial charge on any atom is 0.221 e. The van der Waals surface area contributed by atoms with Gasteiger partial charge in [0, 0.05) is 18.3 Å². The number of benzene rings is 3. The summed E-state index contributed by atoms with van der Waals surface area (Å²) in [4.78, 5) is 15.8.